The molecular weight excluding hydrogens is 402 g/mol. The molecule has 2 rings (SSSR count). The molecular formula is C12H10Br2F2N2S. The molecule has 1 aromatic heterocycles. The molecule has 1 atom stereocenters. The highest BCUT2D eigenvalue weighted by Gasteiger charge is 2.17. The van der Waals surface area contributed by atoms with Crippen molar-refractivity contribution in [3.63, 3.8) is 0 Å². The number of halogens is 4. The molecule has 0 aliphatic rings. The van der Waals surface area contributed by atoms with Gasteiger partial charge in [-0.2, -0.15) is 0 Å². The van der Waals surface area contributed by atoms with E-state index in [0.717, 1.165) is 19.2 Å². The van der Waals surface area contributed by atoms with Crippen LogP contribution in [0.3, 0.4) is 0 Å². The minimum absolute atomic E-state index is 0.229. The summed E-state index contributed by atoms with van der Waals surface area (Å²) in [6.07, 6.45) is 0.349. The van der Waals surface area contributed by atoms with Gasteiger partial charge in [0.25, 0.3) is 0 Å². The third-order valence-electron chi connectivity index (χ3n) is 2.65. The van der Waals surface area contributed by atoms with E-state index in [2.05, 4.69) is 37.3 Å². The lowest BCUT2D eigenvalue weighted by Crippen LogP contribution is -2.29. The van der Waals surface area contributed by atoms with Crippen molar-refractivity contribution in [1.82, 2.24) is 5.43 Å². The fourth-order valence-corrected chi connectivity index (χ4v) is 3.83. The first kappa shape index (κ1) is 15.1. The number of rotatable bonds is 4. The Labute approximate surface area is 130 Å². The van der Waals surface area contributed by atoms with Crippen LogP contribution in [-0.2, 0) is 6.42 Å². The molecule has 0 spiro atoms. The van der Waals surface area contributed by atoms with Crippen molar-refractivity contribution in [1.29, 1.82) is 0 Å². The van der Waals surface area contributed by atoms with Crippen molar-refractivity contribution in [3.8, 4) is 0 Å². The second-order valence-corrected chi connectivity index (χ2v) is 7.19. The molecule has 0 bridgehead atoms. The molecule has 7 heteroatoms. The molecule has 0 aliphatic carbocycles. The predicted octanol–water partition coefficient (Wildman–Crippen LogP) is 4.30. The Bertz CT molecular complexity index is 570. The summed E-state index contributed by atoms with van der Waals surface area (Å²) in [6.45, 7) is 0. The molecule has 3 N–H and O–H groups in total. The maximum Gasteiger partial charge on any atom is 0.129 e. The number of benzene rings is 1. The van der Waals surface area contributed by atoms with Crippen molar-refractivity contribution >= 4 is 43.2 Å². The summed E-state index contributed by atoms with van der Waals surface area (Å²) < 4.78 is 28.3. The largest absolute Gasteiger partial charge is 0.271 e. The standard InChI is InChI=1S/C12H10Br2F2N2S/c13-8-5-11(19-12(8)14)10(18-17)3-6-1-2-7(15)4-9(6)16/h1-2,4-5,10,18H,3,17H2. The van der Waals surface area contributed by atoms with Crippen molar-refractivity contribution in [2.75, 3.05) is 0 Å². The first-order valence-electron chi connectivity index (χ1n) is 5.36. The summed E-state index contributed by atoms with van der Waals surface area (Å²) in [6, 6.07) is 5.25. The minimum Gasteiger partial charge on any atom is -0.271 e. The van der Waals surface area contributed by atoms with Crippen LogP contribution in [0.5, 0.6) is 0 Å². The third-order valence-corrected chi connectivity index (χ3v) is 6.02. The zero-order valence-electron chi connectivity index (χ0n) is 9.59. The van der Waals surface area contributed by atoms with Crippen LogP contribution < -0.4 is 11.3 Å². The Morgan fingerprint density at radius 2 is 2.00 bits per heavy atom. The number of hydrogen-bond donors (Lipinski definition) is 2. The molecule has 1 unspecified atom stereocenters. The van der Waals surface area contributed by atoms with Crippen molar-refractivity contribution < 1.29 is 8.78 Å². The van der Waals surface area contributed by atoms with Gasteiger partial charge in [-0.15, -0.1) is 11.3 Å². The lowest BCUT2D eigenvalue weighted by Gasteiger charge is -2.14. The van der Waals surface area contributed by atoms with Crippen molar-refractivity contribution in [3.05, 3.63) is 54.6 Å². The second-order valence-electron chi connectivity index (χ2n) is 3.93. The lowest BCUT2D eigenvalue weighted by molar-refractivity contribution is 0.527. The first-order valence-corrected chi connectivity index (χ1v) is 7.76. The first-order chi connectivity index (χ1) is 9.01. The highest BCUT2D eigenvalue weighted by molar-refractivity contribution is 9.13. The third kappa shape index (κ3) is 3.61. The van der Waals surface area contributed by atoms with Crippen LogP contribution in [0.1, 0.15) is 16.5 Å². The van der Waals surface area contributed by atoms with Crippen molar-refractivity contribution in [2.24, 2.45) is 5.84 Å². The van der Waals surface area contributed by atoms with Crippen LogP contribution in [0.15, 0.2) is 32.5 Å². The Kier molecular flexibility index (Phi) is 5.08. The predicted molar refractivity (Wildman–Crippen MR) is 79.8 cm³/mol. The molecule has 0 fully saturated rings. The molecule has 1 aromatic carbocycles. The van der Waals surface area contributed by atoms with Crippen LogP contribution in [0.2, 0.25) is 0 Å². The van der Waals surface area contributed by atoms with Crippen LogP contribution in [-0.4, -0.2) is 0 Å². The smallest absolute Gasteiger partial charge is 0.129 e. The van der Waals surface area contributed by atoms with Crippen LogP contribution in [0.25, 0.3) is 0 Å². The van der Waals surface area contributed by atoms with E-state index in [9.17, 15) is 8.78 Å². The molecule has 1 heterocycles. The maximum absolute atomic E-state index is 13.6. The number of nitrogens with one attached hydrogen (secondary N) is 1. The molecule has 0 saturated carbocycles. The van der Waals surface area contributed by atoms with Gasteiger partial charge in [-0.1, -0.05) is 6.07 Å². The normalized spacial score (nSPS) is 12.7. The SMILES string of the molecule is NNC(Cc1ccc(F)cc1F)c1cc(Br)c(Br)s1. The summed E-state index contributed by atoms with van der Waals surface area (Å²) in [7, 11) is 0. The Morgan fingerprint density at radius 3 is 2.53 bits per heavy atom. The van der Waals surface area contributed by atoms with Gasteiger partial charge < -0.3 is 0 Å². The topological polar surface area (TPSA) is 38.0 Å². The summed E-state index contributed by atoms with van der Waals surface area (Å²) in [4.78, 5) is 0.963. The zero-order valence-corrected chi connectivity index (χ0v) is 13.6. The monoisotopic (exact) mass is 410 g/mol. The maximum atomic E-state index is 13.6. The van der Waals surface area contributed by atoms with E-state index in [1.54, 1.807) is 0 Å². The lowest BCUT2D eigenvalue weighted by atomic mass is 10.0. The Hall–Kier alpha value is -0.340. The molecule has 2 aromatic rings. The minimum atomic E-state index is -0.583. The molecule has 0 amide bonds. The highest BCUT2D eigenvalue weighted by atomic mass is 79.9. The second kappa shape index (κ2) is 6.41. The van der Waals surface area contributed by atoms with E-state index in [-0.39, 0.29) is 6.04 Å². The molecule has 2 nitrogen and oxygen atoms in total. The van der Waals surface area contributed by atoms with Gasteiger partial charge >= 0.3 is 0 Å². The zero-order chi connectivity index (χ0) is 14.0. The fourth-order valence-electron chi connectivity index (χ4n) is 1.68. The summed E-state index contributed by atoms with van der Waals surface area (Å²) >= 11 is 8.30. The number of hydrogen-bond acceptors (Lipinski definition) is 3. The van der Waals surface area contributed by atoms with E-state index < -0.39 is 11.6 Å². The summed E-state index contributed by atoms with van der Waals surface area (Å²) in [5.74, 6) is 4.38. The highest BCUT2D eigenvalue weighted by Crippen LogP contribution is 2.36. The van der Waals surface area contributed by atoms with E-state index in [1.165, 1.54) is 23.5 Å². The summed E-state index contributed by atoms with van der Waals surface area (Å²) in [5, 5.41) is 0. The molecule has 0 aliphatic heterocycles. The van der Waals surface area contributed by atoms with Gasteiger partial charge in [-0.05, 0) is 56.0 Å². The summed E-state index contributed by atoms with van der Waals surface area (Å²) in [5.41, 5.74) is 3.08. The van der Waals surface area contributed by atoms with Gasteiger partial charge in [0.1, 0.15) is 11.6 Å². The van der Waals surface area contributed by atoms with Crippen molar-refractivity contribution in [2.45, 2.75) is 12.5 Å². The van der Waals surface area contributed by atoms with Crippen LogP contribution in [0, 0.1) is 11.6 Å². The van der Waals surface area contributed by atoms with E-state index in [0.29, 0.717) is 12.0 Å². The average Bonchev–Trinajstić information content (AvgIpc) is 2.68. The number of hydrazine groups is 1. The van der Waals surface area contributed by atoms with E-state index >= 15 is 0 Å². The Morgan fingerprint density at radius 1 is 1.26 bits per heavy atom. The van der Waals surface area contributed by atoms with Gasteiger partial charge in [-0.25, -0.2) is 8.78 Å². The number of nitrogens with two attached hydrogens (primary N) is 1. The van der Waals surface area contributed by atoms with Gasteiger partial charge in [0, 0.05) is 15.4 Å². The van der Waals surface area contributed by atoms with Crippen LogP contribution >= 0.6 is 43.2 Å². The fraction of sp³-hybridized carbons (Fsp3) is 0.167. The van der Waals surface area contributed by atoms with Gasteiger partial charge in [-0.3, -0.25) is 11.3 Å². The molecule has 0 saturated heterocycles. The van der Waals surface area contributed by atoms with Crippen LogP contribution in [0.4, 0.5) is 8.78 Å². The Balaban J connectivity index is 2.23. The molecule has 0 radical (unpaired) electrons. The van der Waals surface area contributed by atoms with Gasteiger partial charge in [0.05, 0.1) is 9.83 Å². The van der Waals surface area contributed by atoms with E-state index in [1.807, 2.05) is 6.07 Å². The molecule has 19 heavy (non-hydrogen) atoms. The average molecular weight is 412 g/mol. The molecule has 102 valence electrons. The number of thiophene rings is 1. The quantitative estimate of drug-likeness (QED) is 0.581. The van der Waals surface area contributed by atoms with Gasteiger partial charge in [0.15, 0.2) is 0 Å². The van der Waals surface area contributed by atoms with E-state index in [4.69, 9.17) is 5.84 Å². The van der Waals surface area contributed by atoms with Gasteiger partial charge in [0.2, 0.25) is 0 Å².